The van der Waals surface area contributed by atoms with Crippen LogP contribution >= 0.6 is 0 Å². The first-order valence-corrected chi connectivity index (χ1v) is 8.92. The Morgan fingerprint density at radius 2 is 0.586 bits per heavy atom. The second-order valence-electron chi connectivity index (χ2n) is 6.68. The molecule has 0 saturated carbocycles. The predicted octanol–water partition coefficient (Wildman–Crippen LogP) is -2.45. The fourth-order valence-electron chi connectivity index (χ4n) is 2.98. The fourth-order valence-corrected chi connectivity index (χ4v) is 2.98. The van der Waals surface area contributed by atoms with Gasteiger partial charge in [-0.2, -0.15) is 0 Å². The average Bonchev–Trinajstić information content (AvgIpc) is 2.55. The van der Waals surface area contributed by atoms with Crippen molar-refractivity contribution in [2.75, 3.05) is 78.5 Å². The molecule has 0 aromatic rings. The first-order valence-electron chi connectivity index (χ1n) is 8.92. The van der Waals surface area contributed by atoms with Gasteiger partial charge in [0.2, 0.25) is 0 Å². The number of carbonyl (C=O) groups is 4. The van der Waals surface area contributed by atoms with Gasteiger partial charge in [0.1, 0.15) is 0 Å². The van der Waals surface area contributed by atoms with Crippen LogP contribution in [0.4, 0.5) is 0 Å². The maximum absolute atomic E-state index is 11.1. The van der Waals surface area contributed by atoms with Crippen molar-refractivity contribution < 1.29 is 77.3 Å². The SMILES string of the molecule is O=C(O)CN1CCN(CC(=O)O)CCN(CC(=O)O)CCN(CC(=O)O)CC1.[166Ho]. The number of rotatable bonds is 8. The molecule has 12 nitrogen and oxygen atoms in total. The zero-order valence-electron chi connectivity index (χ0n) is 16.0. The molecule has 1 saturated heterocycles. The van der Waals surface area contributed by atoms with E-state index in [-0.39, 0.29) is 63.9 Å². The van der Waals surface area contributed by atoms with Crippen molar-refractivity contribution in [2.24, 2.45) is 0 Å². The molecule has 1 rings (SSSR count). The quantitative estimate of drug-likeness (QED) is 0.228. The maximum atomic E-state index is 11.1. The fraction of sp³-hybridized carbons (Fsp3) is 0.750. The Balaban J connectivity index is 0.00000784. The van der Waals surface area contributed by atoms with Crippen LogP contribution < -0.4 is 0 Å². The molecule has 0 aromatic carbocycles. The van der Waals surface area contributed by atoms with Crippen LogP contribution in [0.2, 0.25) is 0 Å². The minimum Gasteiger partial charge on any atom is -0.480 e. The van der Waals surface area contributed by atoms with Gasteiger partial charge in [0.25, 0.3) is 0 Å². The van der Waals surface area contributed by atoms with Gasteiger partial charge in [0, 0.05) is 90.1 Å². The molecule has 0 amide bonds. The molecule has 1 fully saturated rings. The summed E-state index contributed by atoms with van der Waals surface area (Å²) in [6, 6.07) is 0. The van der Waals surface area contributed by atoms with Gasteiger partial charge in [-0.15, -0.1) is 0 Å². The molecule has 1 heterocycles. The number of hydrogen-bond donors (Lipinski definition) is 4. The van der Waals surface area contributed by atoms with Crippen LogP contribution in [-0.4, -0.2) is 142 Å². The molecule has 171 valence electrons. The Labute approximate surface area is 198 Å². The summed E-state index contributed by atoms with van der Waals surface area (Å²) in [7, 11) is 0. The van der Waals surface area contributed by atoms with Crippen molar-refractivity contribution in [1.82, 2.24) is 19.6 Å². The summed E-state index contributed by atoms with van der Waals surface area (Å²) < 4.78 is 0. The van der Waals surface area contributed by atoms with Crippen LogP contribution in [0.5, 0.6) is 0 Å². The summed E-state index contributed by atoms with van der Waals surface area (Å²) in [5.41, 5.74) is 0. The van der Waals surface area contributed by atoms with E-state index < -0.39 is 23.9 Å². The average molecular weight is 570 g/mol. The van der Waals surface area contributed by atoms with Crippen LogP contribution in [-0.2, 0) is 19.2 Å². The Hall–Kier alpha value is -1.02. The van der Waals surface area contributed by atoms with E-state index >= 15 is 0 Å². The molecule has 0 unspecified atom stereocenters. The number of nitrogens with zero attached hydrogens (tertiary/aromatic N) is 4. The molecule has 0 bridgehead atoms. The van der Waals surface area contributed by atoms with E-state index in [0.717, 1.165) is 0 Å². The van der Waals surface area contributed by atoms with Gasteiger partial charge >= 0.3 is 23.9 Å². The number of aliphatic carboxylic acids is 4. The van der Waals surface area contributed by atoms with E-state index in [9.17, 15) is 19.2 Å². The molecule has 1 aliphatic heterocycles. The predicted molar refractivity (Wildman–Crippen MR) is 96.3 cm³/mol. The Kier molecular flexibility index (Phi) is 14.4. The summed E-state index contributed by atoms with van der Waals surface area (Å²) >= 11 is 0. The van der Waals surface area contributed by atoms with Crippen LogP contribution in [0.3, 0.4) is 0 Å². The van der Waals surface area contributed by atoms with Gasteiger partial charge in [-0.05, 0) is 0 Å². The van der Waals surface area contributed by atoms with Gasteiger partial charge in [-0.3, -0.25) is 38.8 Å². The Morgan fingerprint density at radius 3 is 0.690 bits per heavy atom. The molecule has 1 aliphatic rings. The van der Waals surface area contributed by atoms with Gasteiger partial charge < -0.3 is 20.4 Å². The third-order valence-electron chi connectivity index (χ3n) is 4.37. The molecule has 13 heteroatoms. The first kappa shape index (κ1) is 28.0. The van der Waals surface area contributed by atoms with E-state index in [2.05, 4.69) is 0 Å². The molecular weight excluding hydrogens is 542 g/mol. The molecule has 0 atom stereocenters. The summed E-state index contributed by atoms with van der Waals surface area (Å²) in [5.74, 6) is -4.08. The normalized spacial score (nSPS) is 18.8. The number of carboxylic acid groups (broad SMARTS) is 4. The summed E-state index contributed by atoms with van der Waals surface area (Å²) in [6.07, 6.45) is 0. The van der Waals surface area contributed by atoms with Crippen LogP contribution in [0.25, 0.3) is 0 Å². The molecule has 29 heavy (non-hydrogen) atoms. The van der Waals surface area contributed by atoms with Crippen molar-refractivity contribution >= 4 is 23.9 Å². The van der Waals surface area contributed by atoms with Crippen molar-refractivity contribution in [3.05, 3.63) is 0 Å². The number of carboxylic acids is 4. The maximum Gasteiger partial charge on any atom is 0.317 e. The summed E-state index contributed by atoms with van der Waals surface area (Å²) in [6.45, 7) is 1.52. The van der Waals surface area contributed by atoms with Crippen LogP contribution in [0, 0.1) is 37.7 Å². The third-order valence-corrected chi connectivity index (χ3v) is 4.37. The minimum absolute atomic E-state index is 0. The van der Waals surface area contributed by atoms with Crippen molar-refractivity contribution in [1.29, 1.82) is 0 Å². The smallest absolute Gasteiger partial charge is 0.317 e. The Morgan fingerprint density at radius 1 is 0.448 bits per heavy atom. The van der Waals surface area contributed by atoms with Crippen molar-refractivity contribution in [2.45, 2.75) is 0 Å². The second-order valence-corrected chi connectivity index (χ2v) is 6.68. The summed E-state index contributed by atoms with van der Waals surface area (Å²) in [4.78, 5) is 50.9. The summed E-state index contributed by atoms with van der Waals surface area (Å²) in [5, 5.41) is 36.3. The minimum atomic E-state index is -1.02. The van der Waals surface area contributed by atoms with E-state index in [1.807, 2.05) is 0 Å². The van der Waals surface area contributed by atoms with Gasteiger partial charge in [0.15, 0.2) is 0 Å². The molecule has 0 aliphatic carbocycles. The van der Waals surface area contributed by atoms with Crippen LogP contribution in [0.15, 0.2) is 0 Å². The standard InChI is InChI=1S/C16H28N4O8.Ho/c21-13(22)9-17-1-2-18(10-14(23)24)5-6-20(12-16(27)28)8-7-19(4-3-17)11-15(25)26;/h1-12H2,(H,21,22)(H,23,24)(H,25,26)(H,27,28);/i;1+1. The second kappa shape index (κ2) is 14.9. The monoisotopic (exact) mass is 570 g/mol. The zero-order valence-corrected chi connectivity index (χ0v) is 17.9. The first-order chi connectivity index (χ1) is 13.2. The van der Waals surface area contributed by atoms with Gasteiger partial charge in [0.05, 0.1) is 26.2 Å². The topological polar surface area (TPSA) is 162 Å². The largest absolute Gasteiger partial charge is 0.480 e. The van der Waals surface area contributed by atoms with E-state index in [1.54, 1.807) is 19.6 Å². The van der Waals surface area contributed by atoms with Gasteiger partial charge in [-0.1, -0.05) is 0 Å². The molecule has 0 spiro atoms. The van der Waals surface area contributed by atoms with Crippen molar-refractivity contribution in [3.8, 4) is 0 Å². The van der Waals surface area contributed by atoms with Gasteiger partial charge in [-0.25, -0.2) is 0 Å². The van der Waals surface area contributed by atoms with E-state index in [4.69, 9.17) is 20.4 Å². The molecule has 1 radical (unpaired) electrons. The molecule has 4 N–H and O–H groups in total. The molecular formula is C16H28HoN4O8. The van der Waals surface area contributed by atoms with E-state index in [0.29, 0.717) is 52.4 Å². The van der Waals surface area contributed by atoms with E-state index in [1.165, 1.54) is 0 Å². The van der Waals surface area contributed by atoms with Crippen LogP contribution in [0.1, 0.15) is 0 Å². The molecule has 0 aromatic heterocycles. The number of hydrogen-bond acceptors (Lipinski definition) is 8. The zero-order chi connectivity index (χ0) is 21.1. The van der Waals surface area contributed by atoms with Crippen molar-refractivity contribution in [3.63, 3.8) is 0 Å². The third kappa shape index (κ3) is 13.8. The Bertz CT molecular complexity index is 453.